The lowest BCUT2D eigenvalue weighted by atomic mass is 10.2. The van der Waals surface area contributed by atoms with E-state index in [1.807, 2.05) is 20.8 Å². The van der Waals surface area contributed by atoms with Gasteiger partial charge in [0.1, 0.15) is 0 Å². The van der Waals surface area contributed by atoms with Crippen LogP contribution in [0.4, 0.5) is 4.39 Å². The van der Waals surface area contributed by atoms with Crippen molar-refractivity contribution in [2.45, 2.75) is 31.2 Å². The molecule has 0 aromatic heterocycles. The Labute approximate surface area is 102 Å². The molecule has 17 heavy (non-hydrogen) atoms. The SMILES string of the molecule is Cc1ccc(S(=O)(=O)C(F)/C=C/C(C)C)cc1. The predicted octanol–water partition coefficient (Wildman–Crippen LogP) is 3.28. The third kappa shape index (κ3) is 3.66. The van der Waals surface area contributed by atoms with E-state index >= 15 is 0 Å². The molecule has 0 bridgehead atoms. The van der Waals surface area contributed by atoms with Gasteiger partial charge in [0.25, 0.3) is 0 Å². The minimum absolute atomic E-state index is 0.0176. The Morgan fingerprint density at radius 1 is 1.12 bits per heavy atom. The second kappa shape index (κ2) is 5.45. The van der Waals surface area contributed by atoms with E-state index in [9.17, 15) is 12.8 Å². The maximum Gasteiger partial charge on any atom is 0.223 e. The monoisotopic (exact) mass is 256 g/mol. The molecule has 1 rings (SSSR count). The summed E-state index contributed by atoms with van der Waals surface area (Å²) >= 11 is 0. The fraction of sp³-hybridized carbons (Fsp3) is 0.385. The van der Waals surface area contributed by atoms with Crippen LogP contribution in [0.5, 0.6) is 0 Å². The molecule has 1 aromatic rings. The molecule has 0 aliphatic heterocycles. The first-order valence-corrected chi connectivity index (χ1v) is 7.01. The van der Waals surface area contributed by atoms with E-state index in [-0.39, 0.29) is 10.8 Å². The zero-order valence-electron chi connectivity index (χ0n) is 10.2. The summed E-state index contributed by atoms with van der Waals surface area (Å²) in [6, 6.07) is 6.18. The van der Waals surface area contributed by atoms with Crippen LogP contribution in [0.25, 0.3) is 0 Å². The van der Waals surface area contributed by atoms with Crippen LogP contribution in [0.2, 0.25) is 0 Å². The quantitative estimate of drug-likeness (QED) is 0.775. The minimum Gasteiger partial charge on any atom is -0.225 e. The standard InChI is InChI=1S/C13H17FO2S/c1-10(2)4-9-13(14)17(15,16)12-7-5-11(3)6-8-12/h4-10,13H,1-3H3/b9-4+. The van der Waals surface area contributed by atoms with Gasteiger partial charge in [-0.15, -0.1) is 0 Å². The average molecular weight is 256 g/mol. The third-order valence-corrected chi connectivity index (χ3v) is 3.97. The second-order valence-corrected chi connectivity index (χ2v) is 6.35. The maximum atomic E-state index is 13.7. The third-order valence-electron chi connectivity index (χ3n) is 2.29. The molecular formula is C13H17FO2S. The number of sulfone groups is 1. The summed E-state index contributed by atoms with van der Waals surface area (Å²) in [7, 11) is -3.90. The lowest BCUT2D eigenvalue weighted by Crippen LogP contribution is -2.14. The largest absolute Gasteiger partial charge is 0.225 e. The first-order chi connectivity index (χ1) is 7.84. The molecule has 0 N–H and O–H groups in total. The molecule has 94 valence electrons. The molecule has 0 radical (unpaired) electrons. The molecule has 0 spiro atoms. The van der Waals surface area contributed by atoms with Crippen LogP contribution < -0.4 is 0 Å². The zero-order chi connectivity index (χ0) is 13.1. The number of hydrogen-bond donors (Lipinski definition) is 0. The lowest BCUT2D eigenvalue weighted by Gasteiger charge is -2.07. The van der Waals surface area contributed by atoms with Crippen molar-refractivity contribution in [2.24, 2.45) is 5.92 Å². The van der Waals surface area contributed by atoms with Gasteiger partial charge in [-0.05, 0) is 31.1 Å². The molecule has 0 amide bonds. The molecule has 1 aromatic carbocycles. The van der Waals surface area contributed by atoms with Crippen LogP contribution in [0.1, 0.15) is 19.4 Å². The van der Waals surface area contributed by atoms with E-state index in [2.05, 4.69) is 0 Å². The molecule has 0 aliphatic carbocycles. The normalized spacial score (nSPS) is 14.4. The van der Waals surface area contributed by atoms with Gasteiger partial charge in [0.05, 0.1) is 4.90 Å². The van der Waals surface area contributed by atoms with E-state index < -0.39 is 15.3 Å². The Morgan fingerprint density at radius 3 is 2.12 bits per heavy atom. The molecule has 4 heteroatoms. The molecule has 0 saturated carbocycles. The lowest BCUT2D eigenvalue weighted by molar-refractivity contribution is 0.472. The molecule has 0 heterocycles. The fourth-order valence-electron chi connectivity index (χ4n) is 1.27. The van der Waals surface area contributed by atoms with Crippen molar-refractivity contribution in [1.29, 1.82) is 0 Å². The van der Waals surface area contributed by atoms with Gasteiger partial charge in [-0.2, -0.15) is 0 Å². The average Bonchev–Trinajstić information content (AvgIpc) is 2.26. The smallest absolute Gasteiger partial charge is 0.223 e. The van der Waals surface area contributed by atoms with Gasteiger partial charge in [0.2, 0.25) is 15.3 Å². The minimum atomic E-state index is -3.90. The summed E-state index contributed by atoms with van der Waals surface area (Å²) in [4.78, 5) is 0.0176. The number of allylic oxidation sites excluding steroid dienone is 1. The summed E-state index contributed by atoms with van der Waals surface area (Å²) < 4.78 is 37.3. The van der Waals surface area contributed by atoms with Crippen LogP contribution in [0, 0.1) is 12.8 Å². The number of rotatable bonds is 4. The molecule has 0 aliphatic rings. The molecular weight excluding hydrogens is 239 g/mol. The molecule has 0 fully saturated rings. The highest BCUT2D eigenvalue weighted by atomic mass is 32.2. The number of halogens is 1. The first kappa shape index (κ1) is 13.9. The van der Waals surface area contributed by atoms with E-state index in [0.717, 1.165) is 11.6 Å². The summed E-state index contributed by atoms with van der Waals surface area (Å²) in [5.41, 5.74) is -1.04. The van der Waals surface area contributed by atoms with Crippen molar-refractivity contribution in [1.82, 2.24) is 0 Å². The van der Waals surface area contributed by atoms with Crippen molar-refractivity contribution >= 4 is 9.84 Å². The highest BCUT2D eigenvalue weighted by molar-refractivity contribution is 7.92. The number of alkyl halides is 1. The maximum absolute atomic E-state index is 13.7. The van der Waals surface area contributed by atoms with Gasteiger partial charge < -0.3 is 0 Å². The Bertz CT molecular complexity index is 487. The summed E-state index contributed by atoms with van der Waals surface area (Å²) in [5, 5.41) is 0. The number of aryl methyl sites for hydroxylation is 1. The van der Waals surface area contributed by atoms with Crippen molar-refractivity contribution in [3.63, 3.8) is 0 Å². The predicted molar refractivity (Wildman–Crippen MR) is 67.2 cm³/mol. The van der Waals surface area contributed by atoms with Gasteiger partial charge in [-0.1, -0.05) is 37.6 Å². The van der Waals surface area contributed by atoms with Gasteiger partial charge in [0, 0.05) is 0 Å². The fourth-order valence-corrected chi connectivity index (χ4v) is 2.34. The Hall–Kier alpha value is -1.16. The Balaban J connectivity index is 2.99. The second-order valence-electron chi connectivity index (χ2n) is 4.34. The van der Waals surface area contributed by atoms with Gasteiger partial charge in [-0.25, -0.2) is 12.8 Å². The van der Waals surface area contributed by atoms with E-state index in [4.69, 9.17) is 0 Å². The number of benzene rings is 1. The summed E-state index contributed by atoms with van der Waals surface area (Å²) in [6.07, 6.45) is 2.65. The molecule has 1 unspecified atom stereocenters. The summed E-state index contributed by atoms with van der Waals surface area (Å²) in [6.45, 7) is 5.57. The highest BCUT2D eigenvalue weighted by Crippen LogP contribution is 2.19. The van der Waals surface area contributed by atoms with Crippen molar-refractivity contribution in [3.05, 3.63) is 42.0 Å². The van der Waals surface area contributed by atoms with E-state index in [1.54, 1.807) is 18.2 Å². The van der Waals surface area contributed by atoms with Crippen LogP contribution in [-0.4, -0.2) is 13.9 Å². The highest BCUT2D eigenvalue weighted by Gasteiger charge is 2.24. The van der Waals surface area contributed by atoms with Gasteiger partial charge >= 0.3 is 0 Å². The first-order valence-electron chi connectivity index (χ1n) is 5.47. The van der Waals surface area contributed by atoms with Crippen LogP contribution in [0.3, 0.4) is 0 Å². The molecule has 0 saturated heterocycles. The van der Waals surface area contributed by atoms with Gasteiger partial charge in [0.15, 0.2) is 0 Å². The topological polar surface area (TPSA) is 34.1 Å². The number of hydrogen-bond acceptors (Lipinski definition) is 2. The Kier molecular flexibility index (Phi) is 4.46. The van der Waals surface area contributed by atoms with Crippen molar-refractivity contribution in [2.75, 3.05) is 0 Å². The molecule has 1 atom stereocenters. The Morgan fingerprint density at radius 2 is 1.65 bits per heavy atom. The van der Waals surface area contributed by atoms with E-state index in [1.165, 1.54) is 12.1 Å². The molecule has 2 nitrogen and oxygen atoms in total. The van der Waals surface area contributed by atoms with Crippen LogP contribution in [0.15, 0.2) is 41.3 Å². The van der Waals surface area contributed by atoms with E-state index in [0.29, 0.717) is 0 Å². The van der Waals surface area contributed by atoms with Gasteiger partial charge in [-0.3, -0.25) is 0 Å². The summed E-state index contributed by atoms with van der Waals surface area (Å²) in [5.74, 6) is 0.126. The van der Waals surface area contributed by atoms with Crippen molar-refractivity contribution < 1.29 is 12.8 Å². The van der Waals surface area contributed by atoms with Crippen LogP contribution >= 0.6 is 0 Å². The van der Waals surface area contributed by atoms with Crippen LogP contribution in [-0.2, 0) is 9.84 Å². The zero-order valence-corrected chi connectivity index (χ0v) is 11.0. The van der Waals surface area contributed by atoms with Crippen molar-refractivity contribution in [3.8, 4) is 0 Å².